The number of esters is 1. The van der Waals surface area contributed by atoms with Crippen LogP contribution in [0.25, 0.3) is 0 Å². The number of nitrogens with zero attached hydrogens (tertiary/aromatic N) is 1. The van der Waals surface area contributed by atoms with Crippen molar-refractivity contribution in [3.8, 4) is 6.07 Å². The molecule has 0 saturated heterocycles. The van der Waals surface area contributed by atoms with Gasteiger partial charge in [-0.3, -0.25) is 4.79 Å². The molecule has 6 heteroatoms. The van der Waals surface area contributed by atoms with Crippen LogP contribution < -0.4 is 0 Å². The molecule has 0 radical (unpaired) electrons. The fourth-order valence-corrected chi connectivity index (χ4v) is 1.72. The van der Waals surface area contributed by atoms with E-state index < -0.39 is 35.6 Å². The number of carbonyl (C=O) groups is 2. The fourth-order valence-electron chi connectivity index (χ4n) is 1.72. The second-order valence-corrected chi connectivity index (χ2v) is 4.32. The number of ether oxygens (including phenoxy) is 1. The van der Waals surface area contributed by atoms with Crippen LogP contribution in [0.5, 0.6) is 0 Å². The zero-order chi connectivity index (χ0) is 16.1. The van der Waals surface area contributed by atoms with Crippen molar-refractivity contribution in [3.05, 3.63) is 70.8 Å². The number of hydrogen-bond acceptors (Lipinski definition) is 4. The first-order valence-corrected chi connectivity index (χ1v) is 6.17. The number of nitriles is 1. The summed E-state index contributed by atoms with van der Waals surface area (Å²) in [4.78, 5) is 23.5. The maximum atomic E-state index is 13.4. The molecule has 0 heterocycles. The third-order valence-corrected chi connectivity index (χ3v) is 2.79. The van der Waals surface area contributed by atoms with Crippen molar-refractivity contribution in [1.29, 1.82) is 5.26 Å². The number of rotatable bonds is 4. The van der Waals surface area contributed by atoms with Gasteiger partial charge >= 0.3 is 5.97 Å². The molecule has 0 unspecified atom stereocenters. The lowest BCUT2D eigenvalue weighted by Gasteiger charge is -2.05. The number of benzene rings is 2. The summed E-state index contributed by atoms with van der Waals surface area (Å²) >= 11 is 0. The second-order valence-electron chi connectivity index (χ2n) is 4.32. The van der Waals surface area contributed by atoms with Crippen molar-refractivity contribution >= 4 is 11.8 Å². The lowest BCUT2D eigenvalue weighted by Crippen LogP contribution is -2.15. The summed E-state index contributed by atoms with van der Waals surface area (Å²) in [5.41, 5.74) is -0.137. The maximum Gasteiger partial charge on any atom is 0.338 e. The average molecular weight is 301 g/mol. The molecule has 0 spiro atoms. The lowest BCUT2D eigenvalue weighted by atomic mass is 10.1. The van der Waals surface area contributed by atoms with Gasteiger partial charge in [-0.15, -0.1) is 0 Å². The van der Waals surface area contributed by atoms with Crippen molar-refractivity contribution in [2.75, 3.05) is 6.61 Å². The molecule has 0 N–H and O–H groups in total. The van der Waals surface area contributed by atoms with Crippen LogP contribution >= 0.6 is 0 Å². The number of ketones is 1. The van der Waals surface area contributed by atoms with Crippen molar-refractivity contribution in [2.24, 2.45) is 0 Å². The van der Waals surface area contributed by atoms with Gasteiger partial charge < -0.3 is 4.74 Å². The topological polar surface area (TPSA) is 67.2 Å². The van der Waals surface area contributed by atoms with Crippen LogP contribution in [-0.4, -0.2) is 18.4 Å². The van der Waals surface area contributed by atoms with E-state index in [4.69, 9.17) is 10.00 Å². The van der Waals surface area contributed by atoms with Crippen LogP contribution in [-0.2, 0) is 4.74 Å². The fraction of sp³-hybridized carbons (Fsp3) is 0.0625. The van der Waals surface area contributed by atoms with Gasteiger partial charge in [0.2, 0.25) is 5.78 Å². The molecule has 0 atom stereocenters. The molecular weight excluding hydrogens is 292 g/mol. The van der Waals surface area contributed by atoms with Crippen molar-refractivity contribution < 1.29 is 23.1 Å². The molecule has 0 fully saturated rings. The highest BCUT2D eigenvalue weighted by Crippen LogP contribution is 2.11. The Hall–Kier alpha value is -3.07. The second kappa shape index (κ2) is 6.59. The smallest absolute Gasteiger partial charge is 0.338 e. The van der Waals surface area contributed by atoms with Crippen LogP contribution in [0.15, 0.2) is 42.5 Å². The zero-order valence-corrected chi connectivity index (χ0v) is 11.2. The van der Waals surface area contributed by atoms with Crippen LogP contribution in [0.2, 0.25) is 0 Å². The lowest BCUT2D eigenvalue weighted by molar-refractivity contribution is 0.0473. The van der Waals surface area contributed by atoms with Gasteiger partial charge in [-0.1, -0.05) is 6.07 Å². The van der Waals surface area contributed by atoms with E-state index in [0.29, 0.717) is 0 Å². The van der Waals surface area contributed by atoms with E-state index in [9.17, 15) is 18.4 Å². The van der Waals surface area contributed by atoms with E-state index in [1.165, 1.54) is 24.3 Å². The molecule has 4 nitrogen and oxygen atoms in total. The van der Waals surface area contributed by atoms with E-state index in [0.717, 1.165) is 18.2 Å². The van der Waals surface area contributed by atoms with Gasteiger partial charge in [0, 0.05) is 0 Å². The predicted molar refractivity (Wildman–Crippen MR) is 72.1 cm³/mol. The Bertz CT molecular complexity index is 781. The summed E-state index contributed by atoms with van der Waals surface area (Å²) in [5.74, 6) is -3.35. The minimum absolute atomic E-state index is 0.0894. The number of hydrogen-bond donors (Lipinski definition) is 0. The Labute approximate surface area is 124 Å². The van der Waals surface area contributed by atoms with E-state index >= 15 is 0 Å². The first-order valence-electron chi connectivity index (χ1n) is 6.17. The summed E-state index contributed by atoms with van der Waals surface area (Å²) in [5, 5.41) is 8.73. The average Bonchev–Trinajstić information content (AvgIpc) is 2.54. The third kappa shape index (κ3) is 3.52. The molecule has 2 aromatic rings. The van der Waals surface area contributed by atoms with Crippen LogP contribution in [0.3, 0.4) is 0 Å². The quantitative estimate of drug-likeness (QED) is 0.643. The predicted octanol–water partition coefficient (Wildman–Crippen LogP) is 2.88. The van der Waals surface area contributed by atoms with Crippen molar-refractivity contribution in [1.82, 2.24) is 0 Å². The zero-order valence-electron chi connectivity index (χ0n) is 11.2. The van der Waals surface area contributed by atoms with Crippen molar-refractivity contribution in [2.45, 2.75) is 0 Å². The molecular formula is C16H9F2NO3. The Kier molecular flexibility index (Phi) is 4.59. The van der Waals surface area contributed by atoms with E-state index in [1.54, 1.807) is 0 Å². The van der Waals surface area contributed by atoms with E-state index in [2.05, 4.69) is 0 Å². The van der Waals surface area contributed by atoms with Gasteiger partial charge in [0.15, 0.2) is 6.61 Å². The van der Waals surface area contributed by atoms with E-state index in [-0.39, 0.29) is 11.1 Å². The molecule has 2 aromatic carbocycles. The van der Waals surface area contributed by atoms with Gasteiger partial charge in [-0.2, -0.15) is 5.26 Å². The van der Waals surface area contributed by atoms with Crippen LogP contribution in [0, 0.1) is 23.0 Å². The standard InChI is InChI=1S/C16H9F2NO3/c17-12-4-5-14(18)13(7-12)15(20)9-22-16(21)11-3-1-2-10(6-11)8-19/h1-7H,9H2. The molecule has 22 heavy (non-hydrogen) atoms. The van der Waals surface area contributed by atoms with Gasteiger partial charge in [-0.25, -0.2) is 13.6 Å². The SMILES string of the molecule is N#Cc1cccc(C(=O)OCC(=O)c2cc(F)ccc2F)c1. The molecule has 0 aliphatic heterocycles. The summed E-state index contributed by atoms with van der Waals surface area (Å²) in [6, 6.07) is 10.0. The first kappa shape index (κ1) is 15.3. The maximum absolute atomic E-state index is 13.4. The normalized spacial score (nSPS) is 9.86. The van der Waals surface area contributed by atoms with Crippen molar-refractivity contribution in [3.63, 3.8) is 0 Å². The Morgan fingerprint density at radius 1 is 1.14 bits per heavy atom. The molecule has 0 saturated carbocycles. The summed E-state index contributed by atoms with van der Waals surface area (Å²) in [6.45, 7) is -0.726. The number of halogens is 2. The highest BCUT2D eigenvalue weighted by molar-refractivity contribution is 5.99. The molecule has 0 aliphatic carbocycles. The van der Waals surface area contributed by atoms with E-state index in [1.807, 2.05) is 6.07 Å². The summed E-state index contributed by atoms with van der Waals surface area (Å²) < 4.78 is 31.2. The van der Waals surface area contributed by atoms with Gasteiger partial charge in [0.1, 0.15) is 11.6 Å². The van der Waals surface area contributed by atoms with Gasteiger partial charge in [0.05, 0.1) is 22.8 Å². The largest absolute Gasteiger partial charge is 0.454 e. The Balaban J connectivity index is 2.06. The monoisotopic (exact) mass is 301 g/mol. The van der Waals surface area contributed by atoms with Gasteiger partial charge in [0.25, 0.3) is 0 Å². The Morgan fingerprint density at radius 3 is 2.64 bits per heavy atom. The summed E-state index contributed by atoms with van der Waals surface area (Å²) in [6.07, 6.45) is 0. The molecule has 0 aromatic heterocycles. The highest BCUT2D eigenvalue weighted by atomic mass is 19.1. The molecule has 0 amide bonds. The molecule has 0 bridgehead atoms. The Morgan fingerprint density at radius 2 is 1.91 bits per heavy atom. The van der Waals surface area contributed by atoms with Crippen LogP contribution in [0.1, 0.15) is 26.3 Å². The first-order chi connectivity index (χ1) is 10.5. The number of carbonyl (C=O) groups excluding carboxylic acids is 2. The minimum Gasteiger partial charge on any atom is -0.454 e. The van der Waals surface area contributed by atoms with Crippen LogP contribution in [0.4, 0.5) is 8.78 Å². The number of Topliss-reactive ketones (excluding diaryl/α,β-unsaturated/α-hetero) is 1. The third-order valence-electron chi connectivity index (χ3n) is 2.79. The molecule has 0 aliphatic rings. The van der Waals surface area contributed by atoms with Gasteiger partial charge in [-0.05, 0) is 36.4 Å². The minimum atomic E-state index is -0.895. The molecule has 110 valence electrons. The highest BCUT2D eigenvalue weighted by Gasteiger charge is 2.16. The summed E-state index contributed by atoms with van der Waals surface area (Å²) in [7, 11) is 0. The molecule has 2 rings (SSSR count).